The zero-order chi connectivity index (χ0) is 17.3. The number of hydrogen-bond acceptors (Lipinski definition) is 5. The molecule has 132 valence electrons. The van der Waals surface area contributed by atoms with E-state index in [1.807, 2.05) is 32.6 Å². The first-order valence-electron chi connectivity index (χ1n) is 8.99. The third-order valence-electron chi connectivity index (χ3n) is 4.75. The number of aromatic nitrogens is 2. The predicted molar refractivity (Wildman–Crippen MR) is 96.5 cm³/mol. The van der Waals surface area contributed by atoms with Crippen LogP contribution in [-0.4, -0.2) is 60.0 Å². The highest BCUT2D eigenvalue weighted by Gasteiger charge is 2.30. The van der Waals surface area contributed by atoms with Crippen molar-refractivity contribution >= 4 is 17.7 Å². The number of piperazine rings is 1. The molecule has 0 aromatic carbocycles. The van der Waals surface area contributed by atoms with E-state index in [1.54, 1.807) is 0 Å². The van der Waals surface area contributed by atoms with Gasteiger partial charge in [0.1, 0.15) is 5.82 Å². The monoisotopic (exact) mass is 331 g/mol. The van der Waals surface area contributed by atoms with Gasteiger partial charge in [-0.2, -0.15) is 4.98 Å². The van der Waals surface area contributed by atoms with Gasteiger partial charge in [-0.15, -0.1) is 0 Å². The largest absolute Gasteiger partial charge is 0.356 e. The highest BCUT2D eigenvalue weighted by Crippen LogP contribution is 2.23. The van der Waals surface area contributed by atoms with E-state index in [1.165, 1.54) is 12.8 Å². The zero-order valence-electron chi connectivity index (χ0n) is 15.4. The van der Waals surface area contributed by atoms with Crippen molar-refractivity contribution in [2.24, 2.45) is 5.41 Å². The van der Waals surface area contributed by atoms with E-state index in [0.717, 1.165) is 56.7 Å². The molecule has 0 radical (unpaired) electrons. The van der Waals surface area contributed by atoms with Crippen molar-refractivity contribution in [2.75, 3.05) is 49.1 Å². The number of rotatable bonds is 2. The first kappa shape index (κ1) is 17.0. The van der Waals surface area contributed by atoms with Gasteiger partial charge in [0.05, 0.1) is 0 Å². The molecule has 3 rings (SSSR count). The van der Waals surface area contributed by atoms with Crippen LogP contribution in [0.1, 0.15) is 39.3 Å². The van der Waals surface area contributed by atoms with Crippen molar-refractivity contribution in [3.63, 3.8) is 0 Å². The second-order valence-corrected chi connectivity index (χ2v) is 7.89. The SMILES string of the molecule is Cc1cc(N2CCCC2)nc(N2CCN(C(=O)C(C)(C)C)CC2)n1. The Morgan fingerprint density at radius 2 is 1.58 bits per heavy atom. The number of carbonyl (C=O) groups is 1. The number of aryl methyl sites for hydroxylation is 1. The Bertz CT molecular complexity index is 596. The summed E-state index contributed by atoms with van der Waals surface area (Å²) < 4.78 is 0. The molecule has 1 amide bonds. The normalized spacial score (nSPS) is 19.1. The molecule has 0 saturated carbocycles. The van der Waals surface area contributed by atoms with Crippen LogP contribution in [0.25, 0.3) is 0 Å². The first-order chi connectivity index (χ1) is 11.3. The Morgan fingerprint density at radius 3 is 2.17 bits per heavy atom. The Kier molecular flexibility index (Phi) is 4.65. The minimum atomic E-state index is -0.315. The zero-order valence-corrected chi connectivity index (χ0v) is 15.4. The van der Waals surface area contributed by atoms with Gasteiger partial charge in [-0.1, -0.05) is 20.8 Å². The van der Waals surface area contributed by atoms with Crippen LogP contribution in [0.5, 0.6) is 0 Å². The van der Waals surface area contributed by atoms with Crippen molar-refractivity contribution in [3.8, 4) is 0 Å². The van der Waals surface area contributed by atoms with E-state index >= 15 is 0 Å². The van der Waals surface area contributed by atoms with E-state index in [2.05, 4.69) is 20.9 Å². The van der Waals surface area contributed by atoms with Crippen LogP contribution < -0.4 is 9.80 Å². The quantitative estimate of drug-likeness (QED) is 0.830. The van der Waals surface area contributed by atoms with E-state index in [9.17, 15) is 4.79 Å². The fourth-order valence-corrected chi connectivity index (χ4v) is 3.37. The maximum absolute atomic E-state index is 12.4. The molecule has 0 atom stereocenters. The fourth-order valence-electron chi connectivity index (χ4n) is 3.37. The summed E-state index contributed by atoms with van der Waals surface area (Å²) in [5, 5.41) is 0. The molecular weight excluding hydrogens is 302 g/mol. The molecule has 24 heavy (non-hydrogen) atoms. The average Bonchev–Trinajstić information content (AvgIpc) is 3.07. The van der Waals surface area contributed by atoms with Crippen molar-refractivity contribution in [2.45, 2.75) is 40.5 Å². The van der Waals surface area contributed by atoms with Gasteiger partial charge < -0.3 is 14.7 Å². The summed E-state index contributed by atoms with van der Waals surface area (Å²) in [6, 6.07) is 2.08. The van der Waals surface area contributed by atoms with E-state index in [0.29, 0.717) is 0 Å². The molecule has 2 aliphatic heterocycles. The maximum Gasteiger partial charge on any atom is 0.228 e. The molecule has 3 heterocycles. The van der Waals surface area contributed by atoms with Crippen LogP contribution in [0, 0.1) is 12.3 Å². The summed E-state index contributed by atoms with van der Waals surface area (Å²) in [5.41, 5.74) is 0.695. The summed E-state index contributed by atoms with van der Waals surface area (Å²) in [5.74, 6) is 2.08. The molecule has 2 aliphatic rings. The number of anilines is 2. The van der Waals surface area contributed by atoms with Gasteiger partial charge >= 0.3 is 0 Å². The second-order valence-electron chi connectivity index (χ2n) is 7.89. The number of amides is 1. The topological polar surface area (TPSA) is 52.6 Å². The summed E-state index contributed by atoms with van der Waals surface area (Å²) >= 11 is 0. The Balaban J connectivity index is 1.69. The average molecular weight is 331 g/mol. The molecule has 6 heteroatoms. The van der Waals surface area contributed by atoms with Gasteiger partial charge in [0.25, 0.3) is 0 Å². The van der Waals surface area contributed by atoms with E-state index in [4.69, 9.17) is 4.98 Å². The summed E-state index contributed by atoms with van der Waals surface area (Å²) in [4.78, 5) is 28.4. The number of carbonyl (C=O) groups excluding carboxylic acids is 1. The van der Waals surface area contributed by atoms with Crippen molar-refractivity contribution in [1.29, 1.82) is 0 Å². The predicted octanol–water partition coefficient (Wildman–Crippen LogP) is 2.08. The molecule has 1 aromatic rings. The molecule has 1 aromatic heterocycles. The lowest BCUT2D eigenvalue weighted by atomic mass is 9.94. The fraction of sp³-hybridized carbons (Fsp3) is 0.722. The molecule has 0 N–H and O–H groups in total. The van der Waals surface area contributed by atoms with Crippen LogP contribution in [-0.2, 0) is 4.79 Å². The van der Waals surface area contributed by atoms with Gasteiger partial charge in [0.15, 0.2) is 0 Å². The highest BCUT2D eigenvalue weighted by molar-refractivity contribution is 5.81. The smallest absolute Gasteiger partial charge is 0.228 e. The van der Waals surface area contributed by atoms with Crippen LogP contribution in [0.3, 0.4) is 0 Å². The standard InChI is InChI=1S/C18H29N5O/c1-14-13-15(21-7-5-6-8-21)20-17(19-14)23-11-9-22(10-12-23)16(24)18(2,3)4/h13H,5-12H2,1-4H3. The molecule has 2 saturated heterocycles. The summed E-state index contributed by atoms with van der Waals surface area (Å²) in [6.45, 7) is 13.2. The van der Waals surface area contributed by atoms with Gasteiger partial charge in [0.2, 0.25) is 11.9 Å². The molecule has 0 bridgehead atoms. The molecule has 0 aliphatic carbocycles. The van der Waals surface area contributed by atoms with Crippen LogP contribution >= 0.6 is 0 Å². The van der Waals surface area contributed by atoms with Gasteiger partial charge in [-0.05, 0) is 19.8 Å². The van der Waals surface area contributed by atoms with Crippen LogP contribution in [0.4, 0.5) is 11.8 Å². The maximum atomic E-state index is 12.4. The van der Waals surface area contributed by atoms with Crippen LogP contribution in [0.2, 0.25) is 0 Å². The minimum Gasteiger partial charge on any atom is -0.356 e. The van der Waals surface area contributed by atoms with Gasteiger partial charge in [0, 0.05) is 56.4 Å². The van der Waals surface area contributed by atoms with Crippen molar-refractivity contribution in [1.82, 2.24) is 14.9 Å². The van der Waals surface area contributed by atoms with E-state index in [-0.39, 0.29) is 11.3 Å². The molecule has 0 unspecified atom stereocenters. The molecule has 2 fully saturated rings. The lowest BCUT2D eigenvalue weighted by Crippen LogP contribution is -2.52. The van der Waals surface area contributed by atoms with E-state index < -0.39 is 0 Å². The Morgan fingerprint density at radius 1 is 0.958 bits per heavy atom. The number of nitrogens with zero attached hydrogens (tertiary/aromatic N) is 5. The lowest BCUT2D eigenvalue weighted by molar-refractivity contribution is -0.139. The molecular formula is C18H29N5O. The van der Waals surface area contributed by atoms with Crippen molar-refractivity contribution in [3.05, 3.63) is 11.8 Å². The van der Waals surface area contributed by atoms with Gasteiger partial charge in [-0.25, -0.2) is 4.98 Å². The lowest BCUT2D eigenvalue weighted by Gasteiger charge is -2.37. The minimum absolute atomic E-state index is 0.227. The third kappa shape index (κ3) is 3.62. The molecule has 6 nitrogen and oxygen atoms in total. The third-order valence-corrected chi connectivity index (χ3v) is 4.75. The molecule has 0 spiro atoms. The van der Waals surface area contributed by atoms with Crippen molar-refractivity contribution < 1.29 is 4.79 Å². The summed E-state index contributed by atoms with van der Waals surface area (Å²) in [7, 11) is 0. The Labute approximate surface area is 144 Å². The first-order valence-corrected chi connectivity index (χ1v) is 8.99. The second kappa shape index (κ2) is 6.57. The number of hydrogen-bond donors (Lipinski definition) is 0. The highest BCUT2D eigenvalue weighted by atomic mass is 16.2. The summed E-state index contributed by atoms with van der Waals surface area (Å²) in [6.07, 6.45) is 2.48. The Hall–Kier alpha value is -1.85. The van der Waals surface area contributed by atoms with Gasteiger partial charge in [-0.3, -0.25) is 4.79 Å². The van der Waals surface area contributed by atoms with Crippen LogP contribution in [0.15, 0.2) is 6.07 Å².